The van der Waals surface area contributed by atoms with Crippen molar-refractivity contribution in [3.05, 3.63) is 380 Å². The largest absolute Gasteiger partial charge is 0.497 e. The molecule has 13 aromatic carbocycles. The molecule has 0 saturated carbocycles. The molecule has 0 atom stereocenters. The van der Waals surface area contributed by atoms with Gasteiger partial charge in [0.1, 0.15) is 10.8 Å². The monoisotopic (exact) mass is 2110 g/mol. The number of benzene rings is 13. The Bertz CT molecular complexity index is 7140. The van der Waals surface area contributed by atoms with Crippen molar-refractivity contribution in [3.63, 3.8) is 0 Å². The maximum absolute atomic E-state index is 12.5. The number of hydrogen-bond donors (Lipinski definition) is 6. The number of nitrogens with two attached hydrogens (primary N) is 2. The maximum atomic E-state index is 12.5. The number of aromatic nitrogens is 9. The first-order chi connectivity index (χ1) is 69.2. The first-order valence-corrected chi connectivity index (χ1v) is 47.3. The summed E-state index contributed by atoms with van der Waals surface area (Å²) in [6, 6.07) is 112. The number of nitrogens with one attached hydrogen (secondary N) is 2. The summed E-state index contributed by atoms with van der Waals surface area (Å²) in [5, 5.41) is 98.3. The number of anilines is 2. The van der Waals surface area contributed by atoms with Crippen molar-refractivity contribution in [2.75, 3.05) is 31.8 Å². The molecule has 1 fully saturated rings. The highest BCUT2D eigenvalue weighted by Gasteiger charge is 2.51. The van der Waals surface area contributed by atoms with Crippen LogP contribution in [-0.4, -0.2) is 125 Å². The van der Waals surface area contributed by atoms with Gasteiger partial charge < -0.3 is 45.2 Å². The lowest BCUT2D eigenvalue weighted by molar-refractivity contribution is -0.192. The second-order valence-corrected chi connectivity index (χ2v) is 36.1. The molecule has 3 aromatic heterocycles. The molecule has 4 heterocycles. The van der Waals surface area contributed by atoms with E-state index in [1.54, 1.807) is 74.2 Å². The van der Waals surface area contributed by atoms with Gasteiger partial charge in [0.2, 0.25) is 17.1 Å². The van der Waals surface area contributed by atoms with Crippen LogP contribution in [0.5, 0.6) is 5.75 Å². The Labute approximate surface area is 857 Å². The number of rotatable bonds is 20. The lowest BCUT2D eigenvalue weighted by atomic mass is 9.79. The molecule has 8 N–H and O–H groups in total. The summed E-state index contributed by atoms with van der Waals surface area (Å²) in [6.07, 6.45) is -5.08. The van der Waals surface area contributed by atoms with E-state index in [1.165, 1.54) is 35.3 Å². The topological polar surface area (TPSA) is 464 Å². The summed E-state index contributed by atoms with van der Waals surface area (Å²) in [5.41, 5.74) is 29.0. The summed E-state index contributed by atoms with van der Waals surface area (Å²) < 4.78 is 62.7. The Hall–Kier alpha value is -16.7. The number of methoxy groups -OCH3 is 1. The lowest BCUT2D eigenvalue weighted by Gasteiger charge is -2.32. The fourth-order valence-electron chi connectivity index (χ4n) is 12.4. The number of halogens is 5. The second kappa shape index (κ2) is 53.6. The third-order valence-electron chi connectivity index (χ3n) is 20.7. The van der Waals surface area contributed by atoms with Gasteiger partial charge in [-0.05, 0) is 278 Å². The third-order valence-corrected chi connectivity index (χ3v) is 24.9. The minimum Gasteiger partial charge on any atom is -0.497 e. The molecule has 144 heavy (non-hydrogen) atoms. The molecular formula is C107H87BBr2F3N17O11S3. The average molecular weight is 2110 g/mol. The minimum absolute atomic E-state index is 0.0915. The Balaban J connectivity index is 0.000000175. The molecule has 0 unspecified atom stereocenters. The van der Waals surface area contributed by atoms with Gasteiger partial charge in [-0.2, -0.15) is 55.2 Å². The summed E-state index contributed by atoms with van der Waals surface area (Å²) in [6.45, 7) is 12.7. The van der Waals surface area contributed by atoms with E-state index in [0.29, 0.717) is 55.0 Å². The number of nitriles is 6. The Morgan fingerprint density at radius 2 is 0.694 bits per heavy atom. The number of H-pyrrole nitrogens is 2. The zero-order chi connectivity index (χ0) is 104. The fourth-order valence-corrected chi connectivity index (χ4v) is 15.5. The molecule has 1 aliphatic heterocycles. The maximum Gasteiger partial charge on any atom is 0.494 e. The number of carboxylic acids is 2. The van der Waals surface area contributed by atoms with E-state index in [0.717, 1.165) is 107 Å². The van der Waals surface area contributed by atoms with Crippen LogP contribution in [0, 0.1) is 68.0 Å². The molecule has 16 aromatic rings. The van der Waals surface area contributed by atoms with Crippen LogP contribution in [-0.2, 0) is 30.1 Å². The van der Waals surface area contributed by atoms with Gasteiger partial charge >= 0.3 is 37.2 Å². The van der Waals surface area contributed by atoms with E-state index in [-0.39, 0.29) is 48.6 Å². The van der Waals surface area contributed by atoms with Crippen molar-refractivity contribution in [2.24, 2.45) is 0 Å². The zero-order valence-electron chi connectivity index (χ0n) is 77.9. The van der Waals surface area contributed by atoms with Crippen LogP contribution < -0.4 is 21.7 Å². The smallest absolute Gasteiger partial charge is 0.494 e. The second-order valence-electron chi connectivity index (χ2n) is 31.1. The molecule has 0 amide bonds. The standard InChI is InChI=1S/C26H22N4O3S.C18H14N4O2S.C16H10N4O2S.C13H8BrN.C13H10N2.C12H18BNO2.C7H4BrN.C2HF3O2/c1-3-33-26(31)24-25(30(29-28-24)17-19-6-12-22(32-2)13-7-19)34-23-14-10-21(11-15-23)20-8-4-18(16-27)5-9-20;1-2-24-18(23)16-17(21-22-20-16)25-15-9-7-14(8-10-15)13-5-3-12(11-19)4-6-13;17-9-10-1-3-11(4-2-10)12-5-7-13(8-6-12)23-15-14(16(21)22)18-20-19-15;14-13-7-5-12(6-8-13)11-3-1-10(9-15)2-4-11;14-9-10-1-3-11(4-2-10)12-5-7-13(15)8-6-12;1-11(2)12(3,4)16-13(15-11)9-5-7-10(14)8-6-9;8-7-3-1-6(5-9)2-4-7;3-2(4,5)1(6)7/h4-15H,3,17H2,1-2H3;3-10H,2H2,1H3,(H,20,21,22);1-8H,(H,21,22)(H,18,19,20);1-8H;1-8H,15H2;5-8H,14H2,1-4H3;1-4H;(H,6,7). The number of nitrogens with zero attached hydrogens (tertiary/aromatic N) is 13. The van der Waals surface area contributed by atoms with Gasteiger partial charge in [0.15, 0.2) is 10.1 Å². The summed E-state index contributed by atoms with van der Waals surface area (Å²) in [7, 11) is 1.32. The Morgan fingerprint density at radius 3 is 1.01 bits per heavy atom. The number of carbonyl (C=O) groups is 4. The summed E-state index contributed by atoms with van der Waals surface area (Å²) in [5.74, 6) is -4.09. The molecule has 722 valence electrons. The third kappa shape index (κ3) is 32.7. The van der Waals surface area contributed by atoms with E-state index < -0.39 is 30.1 Å². The average Bonchev–Trinajstić information content (AvgIpc) is 1.62. The van der Waals surface area contributed by atoms with E-state index >= 15 is 0 Å². The summed E-state index contributed by atoms with van der Waals surface area (Å²) in [4.78, 5) is 47.0. The van der Waals surface area contributed by atoms with Gasteiger partial charge in [-0.1, -0.05) is 218 Å². The van der Waals surface area contributed by atoms with E-state index in [2.05, 4.69) is 103 Å². The van der Waals surface area contributed by atoms with Crippen molar-refractivity contribution < 1.29 is 66.1 Å². The van der Waals surface area contributed by atoms with Crippen LogP contribution in [0.2, 0.25) is 0 Å². The molecule has 0 aliphatic carbocycles. The number of carbonyl (C=O) groups excluding carboxylic acids is 2. The Kier molecular flexibility index (Phi) is 40.7. The summed E-state index contributed by atoms with van der Waals surface area (Å²) >= 11 is 10.6. The van der Waals surface area contributed by atoms with Crippen molar-refractivity contribution in [2.45, 2.75) is 95.2 Å². The number of nitrogen functional groups attached to an aromatic ring is 2. The number of carboxylic acid groups (broad SMARTS) is 2. The van der Waals surface area contributed by atoms with E-state index in [1.807, 2.05) is 301 Å². The number of hydrogen-bond acceptors (Lipinski definition) is 26. The van der Waals surface area contributed by atoms with Crippen molar-refractivity contribution in [1.29, 1.82) is 31.6 Å². The number of aromatic carboxylic acids is 1. The van der Waals surface area contributed by atoms with Gasteiger partial charge in [0.05, 0.1) is 108 Å². The van der Waals surface area contributed by atoms with Gasteiger partial charge in [-0.15, -0.1) is 25.5 Å². The van der Waals surface area contributed by atoms with E-state index in [9.17, 15) is 27.6 Å². The number of alkyl halides is 3. The van der Waals surface area contributed by atoms with Crippen LogP contribution in [0.1, 0.15) is 112 Å². The van der Waals surface area contributed by atoms with E-state index in [4.69, 9.17) is 81.6 Å². The van der Waals surface area contributed by atoms with Crippen LogP contribution in [0.3, 0.4) is 0 Å². The zero-order valence-corrected chi connectivity index (χ0v) is 83.5. The fraction of sp³-hybridized carbons (Fsp3) is 0.121. The van der Waals surface area contributed by atoms with Crippen molar-refractivity contribution in [3.8, 4) is 97.8 Å². The van der Waals surface area contributed by atoms with Crippen LogP contribution in [0.15, 0.2) is 354 Å². The molecule has 0 bridgehead atoms. The van der Waals surface area contributed by atoms with Crippen molar-refractivity contribution in [1.82, 2.24) is 45.8 Å². The molecular weight excluding hydrogens is 2020 g/mol. The molecule has 0 radical (unpaired) electrons. The van der Waals surface area contributed by atoms with Gasteiger partial charge in [-0.3, -0.25) is 0 Å². The molecule has 1 saturated heterocycles. The minimum atomic E-state index is -5.08. The van der Waals surface area contributed by atoms with Crippen LogP contribution in [0.25, 0.3) is 55.6 Å². The normalized spacial score (nSPS) is 11.4. The van der Waals surface area contributed by atoms with Crippen LogP contribution in [0.4, 0.5) is 24.5 Å². The number of aromatic amines is 2. The molecule has 0 spiro atoms. The SMILES string of the molecule is CC1(C)OB(c2ccc(N)cc2)OC1(C)C.CCOC(=O)c1n[nH]nc1Sc1ccc(-c2ccc(C#N)cc2)cc1.CCOC(=O)c1nnn(Cc2ccc(OC)cc2)c1Sc1ccc(-c2ccc(C#N)cc2)cc1.N#Cc1ccc(-c2ccc(Br)cc2)cc1.N#Cc1ccc(-c2ccc(N)cc2)cc1.N#Cc1ccc(-c2ccc(Sc3n[nH]nc3C(=O)O)cc2)cc1.N#Cc1ccc(Br)cc1.O=C(O)C(F)(F)F. The number of esters is 2. The molecule has 28 nitrogen and oxygen atoms in total. The molecule has 37 heteroatoms. The predicted molar refractivity (Wildman–Crippen MR) is 550 cm³/mol. The predicted octanol–water partition coefficient (Wildman–Crippen LogP) is 23.4. The first-order valence-electron chi connectivity index (χ1n) is 43.3. The highest BCUT2D eigenvalue weighted by molar-refractivity contribution is 9.10. The first kappa shape index (κ1) is 109. The lowest BCUT2D eigenvalue weighted by Crippen LogP contribution is -2.41. The number of aliphatic carboxylic acids is 1. The highest BCUT2D eigenvalue weighted by atomic mass is 79.9. The van der Waals surface area contributed by atoms with Crippen LogP contribution >= 0.6 is 67.1 Å². The molecule has 17 rings (SSSR count). The Morgan fingerprint density at radius 1 is 0.417 bits per heavy atom. The molecule has 1 aliphatic rings. The highest BCUT2D eigenvalue weighted by Crippen LogP contribution is 2.39. The van der Waals surface area contributed by atoms with Gasteiger partial charge in [-0.25, -0.2) is 23.9 Å². The number of ether oxygens (including phenoxy) is 3. The van der Waals surface area contributed by atoms with Gasteiger partial charge in [0, 0.05) is 35.0 Å². The van der Waals surface area contributed by atoms with Crippen molar-refractivity contribution >= 4 is 115 Å². The van der Waals surface area contributed by atoms with Gasteiger partial charge in [0.25, 0.3) is 0 Å². The quantitative estimate of drug-likeness (QED) is 0.0234.